The molecule has 0 fully saturated rings. The van der Waals surface area contributed by atoms with Crippen molar-refractivity contribution >= 4 is 35.2 Å². The average Bonchev–Trinajstić information content (AvgIpc) is 2.62. The molecule has 126 valence electrons. The van der Waals surface area contributed by atoms with Gasteiger partial charge >= 0.3 is 5.97 Å². The van der Waals surface area contributed by atoms with Crippen LogP contribution in [0.4, 0.5) is 5.69 Å². The fraction of sp³-hybridized carbons (Fsp3) is 0.105. The number of hydrogen-bond acceptors (Lipinski definition) is 4. The number of ether oxygens (including phenoxy) is 1. The van der Waals surface area contributed by atoms with Crippen molar-refractivity contribution in [3.8, 4) is 6.07 Å². The Kier molecular flexibility index (Phi) is 6.33. The summed E-state index contributed by atoms with van der Waals surface area (Å²) in [4.78, 5) is 23.8. The molecule has 0 heterocycles. The third-order valence-corrected chi connectivity index (χ3v) is 3.45. The monoisotopic (exact) mass is 354 g/mol. The first-order chi connectivity index (χ1) is 12.0. The number of esters is 1. The van der Waals surface area contributed by atoms with Crippen LogP contribution in [-0.4, -0.2) is 18.5 Å². The Morgan fingerprint density at radius 1 is 1.16 bits per heavy atom. The molecule has 0 bridgehead atoms. The molecule has 1 N–H and O–H groups in total. The van der Waals surface area contributed by atoms with E-state index in [4.69, 9.17) is 16.3 Å². The Bertz CT molecular complexity index is 834. The molecular formula is C19H15ClN2O3. The van der Waals surface area contributed by atoms with Crippen molar-refractivity contribution in [3.63, 3.8) is 0 Å². The maximum atomic E-state index is 12.2. The summed E-state index contributed by atoms with van der Waals surface area (Å²) in [5.41, 5.74) is 1.50. The number of nitriles is 1. The van der Waals surface area contributed by atoms with Gasteiger partial charge in [-0.1, -0.05) is 23.7 Å². The van der Waals surface area contributed by atoms with Crippen molar-refractivity contribution in [1.29, 1.82) is 5.26 Å². The molecule has 0 saturated heterocycles. The zero-order valence-electron chi connectivity index (χ0n) is 13.5. The summed E-state index contributed by atoms with van der Waals surface area (Å²) in [6.07, 6.45) is 1.47. The first kappa shape index (κ1) is 18.2. The van der Waals surface area contributed by atoms with Crippen LogP contribution >= 0.6 is 11.6 Å². The lowest BCUT2D eigenvalue weighted by Crippen LogP contribution is -2.13. The summed E-state index contributed by atoms with van der Waals surface area (Å²) in [6, 6.07) is 14.9. The molecule has 5 nitrogen and oxygen atoms in total. The highest BCUT2D eigenvalue weighted by Gasteiger charge is 2.11. The minimum atomic E-state index is -0.540. The molecule has 2 aromatic rings. The van der Waals surface area contributed by atoms with Gasteiger partial charge in [0.2, 0.25) is 0 Å². The molecule has 0 atom stereocenters. The van der Waals surface area contributed by atoms with Crippen LogP contribution in [0.15, 0.2) is 54.1 Å². The van der Waals surface area contributed by atoms with Gasteiger partial charge in [0.1, 0.15) is 11.6 Å². The van der Waals surface area contributed by atoms with Crippen LogP contribution in [0.25, 0.3) is 6.08 Å². The zero-order chi connectivity index (χ0) is 18.2. The molecule has 25 heavy (non-hydrogen) atoms. The van der Waals surface area contributed by atoms with E-state index in [0.717, 1.165) is 0 Å². The highest BCUT2D eigenvalue weighted by atomic mass is 35.5. The van der Waals surface area contributed by atoms with Gasteiger partial charge in [0, 0.05) is 10.7 Å². The minimum Gasteiger partial charge on any atom is -0.462 e. The molecule has 0 aliphatic heterocycles. The van der Waals surface area contributed by atoms with E-state index in [-0.39, 0.29) is 5.57 Å². The van der Waals surface area contributed by atoms with Crippen LogP contribution in [-0.2, 0) is 9.53 Å². The summed E-state index contributed by atoms with van der Waals surface area (Å²) < 4.78 is 4.89. The number of nitrogens with zero attached hydrogens (tertiary/aromatic N) is 1. The Hall–Kier alpha value is -3.10. The van der Waals surface area contributed by atoms with Crippen molar-refractivity contribution in [3.05, 3.63) is 70.3 Å². The van der Waals surface area contributed by atoms with Gasteiger partial charge in [-0.3, -0.25) is 4.79 Å². The van der Waals surface area contributed by atoms with Crippen molar-refractivity contribution in [2.45, 2.75) is 6.92 Å². The van der Waals surface area contributed by atoms with Crippen molar-refractivity contribution < 1.29 is 14.3 Å². The Balaban J connectivity index is 2.10. The molecule has 2 aromatic carbocycles. The van der Waals surface area contributed by atoms with E-state index in [1.807, 2.05) is 6.07 Å². The van der Waals surface area contributed by atoms with Gasteiger partial charge in [-0.25, -0.2) is 4.79 Å². The lowest BCUT2D eigenvalue weighted by Gasteiger charge is -2.06. The topological polar surface area (TPSA) is 79.2 Å². The number of halogens is 1. The number of anilines is 1. The first-order valence-corrected chi connectivity index (χ1v) is 7.87. The third kappa shape index (κ3) is 5.20. The lowest BCUT2D eigenvalue weighted by molar-refractivity contribution is -0.112. The fourth-order valence-corrected chi connectivity index (χ4v) is 2.10. The van der Waals surface area contributed by atoms with Gasteiger partial charge in [-0.2, -0.15) is 5.26 Å². The predicted octanol–water partition coefficient (Wildman–Crippen LogP) is 4.06. The van der Waals surface area contributed by atoms with Crippen LogP contribution < -0.4 is 5.32 Å². The van der Waals surface area contributed by atoms with E-state index >= 15 is 0 Å². The standard InChI is InChI=1S/C19H15ClN2O3/c1-2-25-19(24)14-5-9-17(10-6-14)22-18(23)15(12-21)11-13-3-7-16(20)8-4-13/h3-11H,2H2,1H3,(H,22,23)/b15-11-. The van der Waals surface area contributed by atoms with Crippen LogP contribution in [0.1, 0.15) is 22.8 Å². The molecule has 0 aliphatic carbocycles. The number of nitrogens with one attached hydrogen (secondary N) is 1. The van der Waals surface area contributed by atoms with Gasteiger partial charge in [0.25, 0.3) is 5.91 Å². The van der Waals surface area contributed by atoms with E-state index in [1.54, 1.807) is 55.5 Å². The van der Waals surface area contributed by atoms with Crippen LogP contribution in [0.3, 0.4) is 0 Å². The number of benzene rings is 2. The van der Waals surface area contributed by atoms with E-state index < -0.39 is 11.9 Å². The molecular weight excluding hydrogens is 340 g/mol. The molecule has 0 unspecified atom stereocenters. The second-order valence-corrected chi connectivity index (χ2v) is 5.41. The number of carbonyl (C=O) groups excluding carboxylic acids is 2. The molecule has 1 amide bonds. The smallest absolute Gasteiger partial charge is 0.338 e. The SMILES string of the molecule is CCOC(=O)c1ccc(NC(=O)/C(C#N)=C\c2ccc(Cl)cc2)cc1. The summed E-state index contributed by atoms with van der Waals surface area (Å²) in [7, 11) is 0. The number of amides is 1. The Morgan fingerprint density at radius 2 is 1.80 bits per heavy atom. The normalized spacial score (nSPS) is 10.7. The highest BCUT2D eigenvalue weighted by Crippen LogP contribution is 2.15. The largest absolute Gasteiger partial charge is 0.462 e. The molecule has 0 saturated carbocycles. The van der Waals surface area contributed by atoms with E-state index in [1.165, 1.54) is 6.08 Å². The van der Waals surface area contributed by atoms with Crippen LogP contribution in [0.5, 0.6) is 0 Å². The summed E-state index contributed by atoms with van der Waals surface area (Å²) in [6.45, 7) is 2.02. The van der Waals surface area contributed by atoms with Crippen molar-refractivity contribution in [2.75, 3.05) is 11.9 Å². The Morgan fingerprint density at radius 3 is 2.36 bits per heavy atom. The first-order valence-electron chi connectivity index (χ1n) is 7.49. The maximum absolute atomic E-state index is 12.2. The molecule has 0 aliphatic rings. The van der Waals surface area contributed by atoms with E-state index in [2.05, 4.69) is 5.32 Å². The van der Waals surface area contributed by atoms with Gasteiger partial charge in [0.15, 0.2) is 0 Å². The number of carbonyl (C=O) groups is 2. The maximum Gasteiger partial charge on any atom is 0.338 e. The summed E-state index contributed by atoms with van der Waals surface area (Å²) in [5.74, 6) is -0.970. The highest BCUT2D eigenvalue weighted by molar-refractivity contribution is 6.30. The minimum absolute atomic E-state index is 0.0446. The number of hydrogen-bond donors (Lipinski definition) is 1. The Labute approximate surface area is 150 Å². The van der Waals surface area contributed by atoms with Crippen LogP contribution in [0, 0.1) is 11.3 Å². The molecule has 2 rings (SSSR count). The molecule has 0 aromatic heterocycles. The molecule has 6 heteroatoms. The van der Waals surface area contributed by atoms with E-state index in [9.17, 15) is 14.9 Å². The summed E-state index contributed by atoms with van der Waals surface area (Å²) in [5, 5.41) is 12.4. The quantitative estimate of drug-likeness (QED) is 0.499. The van der Waals surface area contributed by atoms with E-state index in [0.29, 0.717) is 28.4 Å². The van der Waals surface area contributed by atoms with Crippen molar-refractivity contribution in [2.24, 2.45) is 0 Å². The van der Waals surface area contributed by atoms with Gasteiger partial charge in [0.05, 0.1) is 12.2 Å². The van der Waals surface area contributed by atoms with Gasteiger partial charge in [-0.15, -0.1) is 0 Å². The molecule has 0 spiro atoms. The zero-order valence-corrected chi connectivity index (χ0v) is 14.2. The van der Waals surface area contributed by atoms with Gasteiger partial charge in [-0.05, 0) is 55.0 Å². The third-order valence-electron chi connectivity index (χ3n) is 3.20. The number of rotatable bonds is 5. The van der Waals surface area contributed by atoms with Gasteiger partial charge < -0.3 is 10.1 Å². The second-order valence-electron chi connectivity index (χ2n) is 4.97. The summed E-state index contributed by atoms with van der Waals surface area (Å²) >= 11 is 5.81. The fourth-order valence-electron chi connectivity index (χ4n) is 1.98. The molecule has 0 radical (unpaired) electrons. The average molecular weight is 355 g/mol. The second kappa shape index (κ2) is 8.67. The van der Waals surface area contributed by atoms with Crippen molar-refractivity contribution in [1.82, 2.24) is 0 Å². The van der Waals surface area contributed by atoms with Crippen LogP contribution in [0.2, 0.25) is 5.02 Å². The predicted molar refractivity (Wildman–Crippen MR) is 96.1 cm³/mol. The lowest BCUT2D eigenvalue weighted by atomic mass is 10.1.